The standard InChI is InChI=1S/C35H33NO6/c1-22(2)42-29-15-10-25(11-16-29)32-31(34(38)35(39)36(32)27-13-17-28(40-4)18-14-27)33(37)26-12-19-30(23(3)20-26)41-21-24-8-6-5-7-9-24/h5-20,22,32,37H,21H2,1-4H3/b33-31-. The number of Topliss-reactive ketones (excluding diaryl/α,β-unsaturated/α-hetero) is 1. The van der Waals surface area contributed by atoms with Crippen molar-refractivity contribution in [1.82, 2.24) is 0 Å². The van der Waals surface area contributed by atoms with Gasteiger partial charge in [-0.1, -0.05) is 42.5 Å². The van der Waals surface area contributed by atoms with Gasteiger partial charge in [-0.25, -0.2) is 0 Å². The van der Waals surface area contributed by atoms with Gasteiger partial charge in [-0.3, -0.25) is 14.5 Å². The molecule has 5 rings (SSSR count). The van der Waals surface area contributed by atoms with Crippen molar-refractivity contribution in [3.63, 3.8) is 0 Å². The number of nitrogens with zero attached hydrogens (tertiary/aromatic N) is 1. The minimum atomic E-state index is -0.860. The number of methoxy groups -OCH3 is 1. The van der Waals surface area contributed by atoms with Gasteiger partial charge >= 0.3 is 0 Å². The summed E-state index contributed by atoms with van der Waals surface area (Å²) < 4.78 is 17.1. The second-order valence-corrected chi connectivity index (χ2v) is 10.4. The van der Waals surface area contributed by atoms with Crippen LogP contribution in [0.3, 0.4) is 0 Å². The molecular formula is C35H33NO6. The molecule has 0 radical (unpaired) electrons. The molecule has 1 aliphatic heterocycles. The van der Waals surface area contributed by atoms with Crippen LogP contribution in [-0.2, 0) is 16.2 Å². The second kappa shape index (κ2) is 12.2. The number of carbonyl (C=O) groups is 2. The van der Waals surface area contributed by atoms with Crippen LogP contribution in [0.5, 0.6) is 17.2 Å². The van der Waals surface area contributed by atoms with Gasteiger partial charge in [0.05, 0.1) is 24.8 Å². The topological polar surface area (TPSA) is 85.3 Å². The fourth-order valence-electron chi connectivity index (χ4n) is 5.01. The molecule has 7 nitrogen and oxygen atoms in total. The van der Waals surface area contributed by atoms with Gasteiger partial charge in [-0.05, 0) is 92.1 Å². The highest BCUT2D eigenvalue weighted by molar-refractivity contribution is 6.51. The zero-order chi connectivity index (χ0) is 29.8. The Morgan fingerprint density at radius 3 is 2.17 bits per heavy atom. The van der Waals surface area contributed by atoms with E-state index in [-0.39, 0.29) is 17.4 Å². The maximum absolute atomic E-state index is 13.6. The number of ether oxygens (including phenoxy) is 3. The van der Waals surface area contributed by atoms with Crippen molar-refractivity contribution in [2.45, 2.75) is 39.5 Å². The van der Waals surface area contributed by atoms with Crippen molar-refractivity contribution in [3.05, 3.63) is 125 Å². The first-order valence-electron chi connectivity index (χ1n) is 13.8. The first kappa shape index (κ1) is 28.5. The number of aliphatic hydroxyl groups is 1. The van der Waals surface area contributed by atoms with Crippen LogP contribution in [0.1, 0.15) is 42.1 Å². The summed E-state index contributed by atoms with van der Waals surface area (Å²) in [5, 5.41) is 11.6. The summed E-state index contributed by atoms with van der Waals surface area (Å²) in [4.78, 5) is 28.5. The van der Waals surface area contributed by atoms with E-state index < -0.39 is 17.7 Å². The van der Waals surface area contributed by atoms with E-state index in [1.54, 1.807) is 61.7 Å². The van der Waals surface area contributed by atoms with Crippen molar-refractivity contribution in [2.24, 2.45) is 0 Å². The first-order valence-corrected chi connectivity index (χ1v) is 13.8. The zero-order valence-corrected chi connectivity index (χ0v) is 24.0. The van der Waals surface area contributed by atoms with Gasteiger partial charge in [0.1, 0.15) is 29.6 Å². The van der Waals surface area contributed by atoms with Gasteiger partial charge in [0.2, 0.25) is 0 Å². The maximum atomic E-state index is 13.6. The number of aliphatic hydroxyl groups excluding tert-OH is 1. The van der Waals surface area contributed by atoms with Crippen LogP contribution in [-0.4, -0.2) is 30.0 Å². The highest BCUT2D eigenvalue weighted by Crippen LogP contribution is 2.43. The molecule has 7 heteroatoms. The van der Waals surface area contributed by atoms with Crippen LogP contribution in [0.25, 0.3) is 5.76 Å². The van der Waals surface area contributed by atoms with Gasteiger partial charge in [0, 0.05) is 11.3 Å². The Balaban J connectivity index is 1.55. The lowest BCUT2D eigenvalue weighted by Gasteiger charge is -2.26. The van der Waals surface area contributed by atoms with E-state index in [0.717, 1.165) is 11.1 Å². The van der Waals surface area contributed by atoms with Crippen LogP contribution in [0.15, 0.2) is 103 Å². The van der Waals surface area contributed by atoms with Crippen molar-refractivity contribution >= 4 is 23.1 Å². The Labute approximate surface area is 245 Å². The molecule has 0 bridgehead atoms. The van der Waals surface area contributed by atoms with Crippen LogP contribution in [0, 0.1) is 6.92 Å². The Morgan fingerprint density at radius 1 is 0.881 bits per heavy atom. The smallest absolute Gasteiger partial charge is 0.300 e. The molecular weight excluding hydrogens is 530 g/mol. The molecule has 0 spiro atoms. The number of ketones is 1. The molecule has 214 valence electrons. The average Bonchev–Trinajstić information content (AvgIpc) is 3.26. The van der Waals surface area contributed by atoms with Gasteiger partial charge in [-0.15, -0.1) is 0 Å². The molecule has 4 aromatic carbocycles. The average molecular weight is 564 g/mol. The first-order chi connectivity index (χ1) is 20.3. The fraction of sp³-hybridized carbons (Fsp3) is 0.200. The van der Waals surface area contributed by atoms with E-state index in [2.05, 4.69) is 0 Å². The highest BCUT2D eigenvalue weighted by atomic mass is 16.5. The predicted molar refractivity (Wildman–Crippen MR) is 162 cm³/mol. The Hall–Kier alpha value is -5.04. The number of carbonyl (C=O) groups excluding carboxylic acids is 2. The highest BCUT2D eigenvalue weighted by Gasteiger charge is 2.47. The molecule has 1 fully saturated rings. The van der Waals surface area contributed by atoms with Crippen LogP contribution in [0.2, 0.25) is 0 Å². The molecule has 4 aromatic rings. The zero-order valence-electron chi connectivity index (χ0n) is 24.0. The molecule has 1 amide bonds. The van der Waals surface area contributed by atoms with Crippen LogP contribution < -0.4 is 19.1 Å². The molecule has 42 heavy (non-hydrogen) atoms. The van der Waals surface area contributed by atoms with Gasteiger partial charge in [0.25, 0.3) is 11.7 Å². The summed E-state index contributed by atoms with van der Waals surface area (Å²) in [7, 11) is 1.56. The van der Waals surface area contributed by atoms with Crippen molar-refractivity contribution in [3.8, 4) is 17.2 Å². The lowest BCUT2D eigenvalue weighted by Crippen LogP contribution is -2.29. The molecule has 1 atom stereocenters. The molecule has 0 saturated carbocycles. The summed E-state index contributed by atoms with van der Waals surface area (Å²) in [6.07, 6.45) is -0.0105. The molecule has 1 heterocycles. The third-order valence-corrected chi connectivity index (χ3v) is 7.05. The minimum Gasteiger partial charge on any atom is -0.507 e. The summed E-state index contributed by atoms with van der Waals surface area (Å²) in [5.74, 6) is 0.191. The number of benzene rings is 4. The van der Waals surface area contributed by atoms with Crippen LogP contribution >= 0.6 is 0 Å². The number of rotatable bonds is 9. The minimum absolute atomic E-state index is 0.00528. The van der Waals surface area contributed by atoms with Gasteiger partial charge < -0.3 is 19.3 Å². The third kappa shape index (κ3) is 5.86. The molecule has 1 saturated heterocycles. The SMILES string of the molecule is COc1ccc(N2C(=O)C(=O)/C(=C(\O)c3ccc(OCc4ccccc4)c(C)c3)C2c2ccc(OC(C)C)cc2)cc1. The number of hydrogen-bond donors (Lipinski definition) is 1. The lowest BCUT2D eigenvalue weighted by molar-refractivity contribution is -0.132. The maximum Gasteiger partial charge on any atom is 0.300 e. The van der Waals surface area contributed by atoms with E-state index in [1.165, 1.54) is 4.90 Å². The lowest BCUT2D eigenvalue weighted by atomic mass is 9.94. The summed E-state index contributed by atoms with van der Waals surface area (Å²) in [6.45, 7) is 6.15. The molecule has 0 aliphatic carbocycles. The normalized spacial score (nSPS) is 16.1. The monoisotopic (exact) mass is 563 g/mol. The summed E-state index contributed by atoms with van der Waals surface area (Å²) in [6, 6.07) is 28.3. The fourth-order valence-corrected chi connectivity index (χ4v) is 5.01. The molecule has 0 aromatic heterocycles. The van der Waals surface area contributed by atoms with E-state index in [9.17, 15) is 14.7 Å². The largest absolute Gasteiger partial charge is 0.507 e. The van der Waals surface area contributed by atoms with Crippen molar-refractivity contribution < 1.29 is 28.9 Å². The van der Waals surface area contributed by atoms with Gasteiger partial charge in [0.15, 0.2) is 0 Å². The van der Waals surface area contributed by atoms with E-state index >= 15 is 0 Å². The van der Waals surface area contributed by atoms with Crippen molar-refractivity contribution in [1.29, 1.82) is 0 Å². The Bertz CT molecular complexity index is 1610. The summed E-state index contributed by atoms with van der Waals surface area (Å²) in [5.41, 5.74) is 3.40. The van der Waals surface area contributed by atoms with E-state index in [0.29, 0.717) is 40.7 Å². The second-order valence-electron chi connectivity index (χ2n) is 10.4. The molecule has 1 N–H and O–H groups in total. The van der Waals surface area contributed by atoms with E-state index in [4.69, 9.17) is 14.2 Å². The molecule has 1 aliphatic rings. The quantitative estimate of drug-likeness (QED) is 0.134. The predicted octanol–water partition coefficient (Wildman–Crippen LogP) is 7.00. The molecule has 1 unspecified atom stereocenters. The van der Waals surface area contributed by atoms with Crippen molar-refractivity contribution in [2.75, 3.05) is 12.0 Å². The Morgan fingerprint density at radius 2 is 1.55 bits per heavy atom. The van der Waals surface area contributed by atoms with Gasteiger partial charge in [-0.2, -0.15) is 0 Å². The number of aryl methyl sites for hydroxylation is 1. The third-order valence-electron chi connectivity index (χ3n) is 7.05. The van der Waals surface area contributed by atoms with Crippen LogP contribution in [0.4, 0.5) is 5.69 Å². The summed E-state index contributed by atoms with van der Waals surface area (Å²) >= 11 is 0. The number of anilines is 1. The number of hydrogen-bond acceptors (Lipinski definition) is 6. The van der Waals surface area contributed by atoms with E-state index in [1.807, 2.05) is 63.2 Å². The number of amides is 1. The Kier molecular flexibility index (Phi) is 8.29.